The summed E-state index contributed by atoms with van der Waals surface area (Å²) >= 11 is 0. The Kier molecular flexibility index (Phi) is 15.3. The number of hydrogen-bond donors (Lipinski definition) is 0. The number of hydrogen-bond acceptors (Lipinski definition) is 6. The predicted octanol–water partition coefficient (Wildman–Crippen LogP) is 6.59. The van der Waals surface area contributed by atoms with E-state index in [4.69, 9.17) is 18.6 Å². The molecule has 3 aromatic carbocycles. The van der Waals surface area contributed by atoms with Gasteiger partial charge in [-0.05, 0) is 54.2 Å². The molecule has 0 spiro atoms. The quantitative estimate of drug-likeness (QED) is 0.0779. The highest BCUT2D eigenvalue weighted by Gasteiger charge is 2.50. The third-order valence-electron chi connectivity index (χ3n) is 8.07. The Morgan fingerprint density at radius 3 is 1.96 bits per heavy atom. The van der Waals surface area contributed by atoms with Crippen LogP contribution in [-0.4, -0.2) is 63.4 Å². The Bertz CT molecular complexity index is 1250. The summed E-state index contributed by atoms with van der Waals surface area (Å²) in [5.74, 6) is -0.234. The van der Waals surface area contributed by atoms with Gasteiger partial charge in [0.15, 0.2) is 5.78 Å². The second-order valence-electron chi connectivity index (χ2n) is 12.7. The molecule has 0 heterocycles. The van der Waals surface area contributed by atoms with Gasteiger partial charge in [0.1, 0.15) is 12.9 Å². The minimum absolute atomic E-state index is 0.000291. The molecule has 3 aromatic rings. The molecule has 0 fully saturated rings. The minimum Gasteiger partial charge on any atom is -0.405 e. The van der Waals surface area contributed by atoms with E-state index < -0.39 is 25.2 Å². The molecule has 0 aliphatic rings. The normalized spacial score (nSPS) is 14.2. The minimum atomic E-state index is -2.60. The molecule has 0 saturated heterocycles. The Hall–Kier alpha value is -2.46. The average molecular weight is 653 g/mol. The van der Waals surface area contributed by atoms with Crippen LogP contribution < -0.4 is 10.4 Å². The van der Waals surface area contributed by atoms with Crippen molar-refractivity contribution >= 4 is 35.3 Å². The van der Waals surface area contributed by atoms with Gasteiger partial charge in [-0.3, -0.25) is 9.00 Å². The molecular weight excluding hydrogens is 601 g/mol. The van der Waals surface area contributed by atoms with Crippen molar-refractivity contribution in [2.24, 2.45) is 0 Å². The third kappa shape index (κ3) is 11.1. The van der Waals surface area contributed by atoms with Crippen LogP contribution in [0.2, 0.25) is 5.04 Å². The molecule has 3 rings (SSSR count). The first-order valence-corrected chi connectivity index (χ1v) is 19.3. The lowest BCUT2D eigenvalue weighted by molar-refractivity contribution is -0.142. The van der Waals surface area contributed by atoms with Gasteiger partial charge in [0.25, 0.3) is 8.32 Å². The number of aryl methyl sites for hydroxylation is 1. The summed E-state index contributed by atoms with van der Waals surface area (Å²) in [4.78, 5) is 13.8. The second-order valence-corrected chi connectivity index (χ2v) is 18.4. The van der Waals surface area contributed by atoms with E-state index in [1.807, 2.05) is 31.2 Å². The van der Waals surface area contributed by atoms with Gasteiger partial charge < -0.3 is 18.6 Å². The Morgan fingerprint density at radius 2 is 1.40 bits per heavy atom. The van der Waals surface area contributed by atoms with Crippen LogP contribution in [0.1, 0.15) is 65.4 Å². The maximum atomic E-state index is 13.2. The van der Waals surface area contributed by atoms with Crippen LogP contribution in [-0.2, 0) is 34.2 Å². The zero-order chi connectivity index (χ0) is 32.7. The van der Waals surface area contributed by atoms with Crippen LogP contribution in [0.4, 0.5) is 0 Å². The Morgan fingerprint density at radius 1 is 0.822 bits per heavy atom. The summed E-state index contributed by atoms with van der Waals surface area (Å²) in [5.41, 5.74) is 1.09. The number of benzene rings is 3. The molecular formula is C37H52O6SSi. The Labute approximate surface area is 274 Å². The molecule has 3 atom stereocenters. The molecule has 246 valence electrons. The lowest BCUT2D eigenvalue weighted by Crippen LogP contribution is -2.67. The number of carbonyl (C=O) groups is 1. The van der Waals surface area contributed by atoms with Crippen LogP contribution in [0.15, 0.2) is 89.8 Å². The maximum absolute atomic E-state index is 13.2. The number of carbonyl (C=O) groups excluding carboxylic acids is 1. The van der Waals surface area contributed by atoms with E-state index in [-0.39, 0.29) is 29.5 Å². The van der Waals surface area contributed by atoms with E-state index in [1.165, 1.54) is 10.4 Å². The van der Waals surface area contributed by atoms with Crippen LogP contribution in [0.3, 0.4) is 0 Å². The third-order valence-corrected chi connectivity index (χ3v) is 14.6. The standard InChI is InChI=1S/C37H52O6SSi/c1-30-22-24-32(25-23-30)44(39)28-35(38)36(42-29-41-27-26-40-6)21-15-7-10-16-31(2)43-45(37(3,4)5,33-17-11-8-12-18-33)34-19-13-9-14-20-34/h8-9,11-14,17-20,22-25,31,36H,7,10,15-16,21,26-29H2,1-6H3/t31-,36+,44-/m1/s1. The highest BCUT2D eigenvalue weighted by atomic mass is 32.2. The van der Waals surface area contributed by atoms with Crippen LogP contribution in [0, 0.1) is 6.92 Å². The van der Waals surface area contributed by atoms with Crippen molar-refractivity contribution in [3.05, 3.63) is 90.5 Å². The predicted molar refractivity (Wildman–Crippen MR) is 186 cm³/mol. The van der Waals surface area contributed by atoms with Gasteiger partial charge in [0.2, 0.25) is 0 Å². The van der Waals surface area contributed by atoms with Gasteiger partial charge in [-0.15, -0.1) is 0 Å². The monoisotopic (exact) mass is 652 g/mol. The van der Waals surface area contributed by atoms with Gasteiger partial charge in [-0.2, -0.15) is 0 Å². The molecule has 0 aromatic heterocycles. The SMILES string of the molecule is COCCOCO[C@@H](CCCCC[C@@H](C)O[Si](c1ccccc1)(c1ccccc1)C(C)(C)C)C(=O)C[S@@](=O)c1ccc(C)cc1. The zero-order valence-electron chi connectivity index (χ0n) is 28.0. The largest absolute Gasteiger partial charge is 0.405 e. The summed E-state index contributed by atoms with van der Waals surface area (Å²) in [7, 11) is -2.41. The van der Waals surface area contributed by atoms with Crippen molar-refractivity contribution in [1.29, 1.82) is 0 Å². The molecule has 8 heteroatoms. The summed E-state index contributed by atoms with van der Waals surface area (Å²) in [6.07, 6.45) is 3.61. The topological polar surface area (TPSA) is 71.1 Å². The fourth-order valence-corrected chi connectivity index (χ4v) is 11.4. The number of Topliss-reactive ketones (excluding diaryl/α,β-unsaturated/α-hetero) is 1. The molecule has 0 saturated carbocycles. The number of ketones is 1. The number of ether oxygens (including phenoxy) is 3. The van der Waals surface area contributed by atoms with Crippen LogP contribution >= 0.6 is 0 Å². The van der Waals surface area contributed by atoms with Crippen LogP contribution in [0.25, 0.3) is 0 Å². The van der Waals surface area contributed by atoms with E-state index in [0.717, 1.165) is 31.2 Å². The summed E-state index contributed by atoms with van der Waals surface area (Å²) in [5, 5.41) is 2.49. The van der Waals surface area contributed by atoms with Gasteiger partial charge in [-0.25, -0.2) is 0 Å². The molecule has 0 N–H and O–H groups in total. The van der Waals surface area contributed by atoms with Crippen LogP contribution in [0.5, 0.6) is 0 Å². The van der Waals surface area contributed by atoms with E-state index in [1.54, 1.807) is 7.11 Å². The first kappa shape index (κ1) is 37.0. The van der Waals surface area contributed by atoms with Crippen molar-refractivity contribution in [2.45, 2.75) is 88.9 Å². The summed E-state index contributed by atoms with van der Waals surface area (Å²) in [6.45, 7) is 11.9. The molecule has 45 heavy (non-hydrogen) atoms. The molecule has 0 unspecified atom stereocenters. The Balaban J connectivity index is 1.60. The molecule has 0 amide bonds. The molecule has 0 bridgehead atoms. The van der Waals surface area contributed by atoms with E-state index >= 15 is 0 Å². The first-order chi connectivity index (χ1) is 21.6. The van der Waals surface area contributed by atoms with Crippen molar-refractivity contribution in [3.63, 3.8) is 0 Å². The number of methoxy groups -OCH3 is 1. The van der Waals surface area contributed by atoms with Crippen molar-refractivity contribution in [1.82, 2.24) is 0 Å². The zero-order valence-corrected chi connectivity index (χ0v) is 29.8. The smallest absolute Gasteiger partial charge is 0.261 e. The lowest BCUT2D eigenvalue weighted by atomic mass is 10.1. The van der Waals surface area contributed by atoms with Crippen molar-refractivity contribution in [2.75, 3.05) is 32.9 Å². The van der Waals surface area contributed by atoms with Gasteiger partial charge in [0.05, 0.1) is 29.8 Å². The highest BCUT2D eigenvalue weighted by Crippen LogP contribution is 2.38. The maximum Gasteiger partial charge on any atom is 0.261 e. The molecule has 0 aliphatic carbocycles. The molecule has 0 radical (unpaired) electrons. The second kappa shape index (κ2) is 18.6. The lowest BCUT2D eigenvalue weighted by Gasteiger charge is -2.44. The first-order valence-electron chi connectivity index (χ1n) is 16.0. The van der Waals surface area contributed by atoms with Gasteiger partial charge in [0, 0.05) is 18.1 Å². The fraction of sp³-hybridized carbons (Fsp3) is 0.486. The van der Waals surface area contributed by atoms with E-state index in [0.29, 0.717) is 24.5 Å². The van der Waals surface area contributed by atoms with Gasteiger partial charge >= 0.3 is 0 Å². The highest BCUT2D eigenvalue weighted by molar-refractivity contribution is 7.85. The molecule has 0 aliphatic heterocycles. The fourth-order valence-electron chi connectivity index (χ4n) is 5.65. The van der Waals surface area contributed by atoms with E-state index in [9.17, 15) is 9.00 Å². The van der Waals surface area contributed by atoms with Gasteiger partial charge in [-0.1, -0.05) is 118 Å². The average Bonchev–Trinajstić information content (AvgIpc) is 3.02. The number of rotatable bonds is 20. The summed E-state index contributed by atoms with van der Waals surface area (Å²) in [6, 6.07) is 28.9. The van der Waals surface area contributed by atoms with Crippen molar-refractivity contribution < 1.29 is 27.6 Å². The van der Waals surface area contributed by atoms with E-state index in [2.05, 4.69) is 88.4 Å². The summed E-state index contributed by atoms with van der Waals surface area (Å²) < 4.78 is 36.5. The number of unbranched alkanes of at least 4 members (excludes halogenated alkanes) is 2. The molecule has 6 nitrogen and oxygen atoms in total. The van der Waals surface area contributed by atoms with Crippen molar-refractivity contribution in [3.8, 4) is 0 Å².